The summed E-state index contributed by atoms with van der Waals surface area (Å²) in [5.74, 6) is -0.306. The predicted octanol–water partition coefficient (Wildman–Crippen LogP) is 4.39. The van der Waals surface area contributed by atoms with Crippen molar-refractivity contribution in [3.63, 3.8) is 0 Å². The standard InChI is InChI=1S/C23H24FNO6S/c1-16(2)32(27,28)31-22-13-18(8-11-20(22)29-3)15-25(23(26)21-5-4-12-30-21)14-17-6-9-19(24)10-7-17/h4-13,16H,14-15H2,1-3H3. The molecule has 0 saturated heterocycles. The average molecular weight is 462 g/mol. The zero-order chi connectivity index (χ0) is 23.3. The van der Waals surface area contributed by atoms with Gasteiger partial charge in [0.25, 0.3) is 5.91 Å². The summed E-state index contributed by atoms with van der Waals surface area (Å²) in [7, 11) is -2.44. The SMILES string of the molecule is COc1ccc(CN(Cc2ccc(F)cc2)C(=O)c2ccco2)cc1OS(=O)(=O)C(C)C. The molecular weight excluding hydrogens is 437 g/mol. The van der Waals surface area contributed by atoms with E-state index in [4.69, 9.17) is 13.3 Å². The number of methoxy groups -OCH3 is 1. The van der Waals surface area contributed by atoms with E-state index >= 15 is 0 Å². The van der Waals surface area contributed by atoms with Gasteiger partial charge in [-0.05, 0) is 61.4 Å². The molecule has 9 heteroatoms. The fourth-order valence-corrected chi connectivity index (χ4v) is 3.47. The number of furan rings is 1. The molecular formula is C23H24FNO6S. The molecule has 0 bridgehead atoms. The molecule has 0 saturated carbocycles. The van der Waals surface area contributed by atoms with Gasteiger partial charge in [-0.3, -0.25) is 4.79 Å². The molecule has 0 radical (unpaired) electrons. The highest BCUT2D eigenvalue weighted by molar-refractivity contribution is 7.87. The Morgan fingerprint density at radius 1 is 1.03 bits per heavy atom. The van der Waals surface area contributed by atoms with Gasteiger partial charge >= 0.3 is 10.1 Å². The molecule has 1 aromatic heterocycles. The van der Waals surface area contributed by atoms with Crippen LogP contribution in [0, 0.1) is 5.82 Å². The van der Waals surface area contributed by atoms with Crippen LogP contribution in [0.2, 0.25) is 0 Å². The van der Waals surface area contributed by atoms with Gasteiger partial charge in [-0.25, -0.2) is 4.39 Å². The van der Waals surface area contributed by atoms with E-state index in [1.54, 1.807) is 36.4 Å². The lowest BCUT2D eigenvalue weighted by Gasteiger charge is -2.23. The lowest BCUT2D eigenvalue weighted by molar-refractivity contribution is 0.0697. The van der Waals surface area contributed by atoms with Crippen LogP contribution in [0.3, 0.4) is 0 Å². The van der Waals surface area contributed by atoms with Crippen LogP contribution in [0.4, 0.5) is 4.39 Å². The fourth-order valence-electron chi connectivity index (χ4n) is 2.89. The third-order valence-electron chi connectivity index (χ3n) is 4.69. The number of carbonyl (C=O) groups excluding carboxylic acids is 1. The normalized spacial score (nSPS) is 11.4. The summed E-state index contributed by atoms with van der Waals surface area (Å²) in [4.78, 5) is 14.5. The van der Waals surface area contributed by atoms with E-state index in [0.717, 1.165) is 5.56 Å². The highest BCUT2D eigenvalue weighted by Crippen LogP contribution is 2.31. The van der Waals surface area contributed by atoms with Crippen molar-refractivity contribution in [2.45, 2.75) is 32.2 Å². The number of nitrogens with zero attached hydrogens (tertiary/aromatic N) is 1. The minimum absolute atomic E-state index is 0.0332. The molecule has 0 spiro atoms. The summed E-state index contributed by atoms with van der Waals surface area (Å²) in [6, 6.07) is 13.8. The van der Waals surface area contributed by atoms with Crippen molar-refractivity contribution in [2.75, 3.05) is 7.11 Å². The summed E-state index contributed by atoms with van der Waals surface area (Å²) < 4.78 is 53.5. The van der Waals surface area contributed by atoms with Crippen molar-refractivity contribution < 1.29 is 30.9 Å². The second-order valence-electron chi connectivity index (χ2n) is 7.38. The third-order valence-corrected chi connectivity index (χ3v) is 6.26. The van der Waals surface area contributed by atoms with Crippen LogP contribution in [-0.2, 0) is 23.2 Å². The van der Waals surface area contributed by atoms with E-state index in [1.807, 2.05) is 0 Å². The molecule has 3 rings (SSSR count). The van der Waals surface area contributed by atoms with Gasteiger partial charge in [0.05, 0.1) is 18.6 Å². The van der Waals surface area contributed by atoms with E-state index in [9.17, 15) is 17.6 Å². The summed E-state index contributed by atoms with van der Waals surface area (Å²) in [6.07, 6.45) is 1.40. The molecule has 0 aliphatic rings. The Bertz CT molecular complexity index is 1160. The summed E-state index contributed by atoms with van der Waals surface area (Å²) in [5.41, 5.74) is 1.33. The van der Waals surface area contributed by atoms with Crippen LogP contribution in [0.1, 0.15) is 35.5 Å². The molecule has 0 unspecified atom stereocenters. The minimum atomic E-state index is -3.84. The number of halogens is 1. The van der Waals surface area contributed by atoms with E-state index in [-0.39, 0.29) is 42.1 Å². The number of rotatable bonds is 9. The van der Waals surface area contributed by atoms with Gasteiger partial charge in [-0.2, -0.15) is 8.42 Å². The molecule has 0 N–H and O–H groups in total. The molecule has 0 aliphatic carbocycles. The Morgan fingerprint density at radius 3 is 2.28 bits per heavy atom. The predicted molar refractivity (Wildman–Crippen MR) is 116 cm³/mol. The summed E-state index contributed by atoms with van der Waals surface area (Å²) in [6.45, 7) is 3.33. The maximum Gasteiger partial charge on any atom is 0.311 e. The Labute approximate surface area is 186 Å². The van der Waals surface area contributed by atoms with Gasteiger partial charge < -0.3 is 18.2 Å². The van der Waals surface area contributed by atoms with Crippen molar-refractivity contribution >= 4 is 16.0 Å². The quantitative estimate of drug-likeness (QED) is 0.440. The van der Waals surface area contributed by atoms with E-state index in [2.05, 4.69) is 0 Å². The number of hydrogen-bond acceptors (Lipinski definition) is 6. The Balaban J connectivity index is 1.91. The maximum absolute atomic E-state index is 13.3. The van der Waals surface area contributed by atoms with Gasteiger partial charge in [0.15, 0.2) is 17.3 Å². The Kier molecular flexibility index (Phi) is 7.19. The topological polar surface area (TPSA) is 86.0 Å². The first kappa shape index (κ1) is 23.3. The average Bonchev–Trinajstić information content (AvgIpc) is 3.29. The van der Waals surface area contributed by atoms with E-state index < -0.39 is 15.4 Å². The van der Waals surface area contributed by atoms with Crippen molar-refractivity contribution in [1.82, 2.24) is 4.90 Å². The van der Waals surface area contributed by atoms with Crippen LogP contribution in [0.5, 0.6) is 11.5 Å². The molecule has 2 aromatic carbocycles. The zero-order valence-electron chi connectivity index (χ0n) is 17.9. The molecule has 3 aromatic rings. The first-order chi connectivity index (χ1) is 15.2. The number of benzene rings is 2. The lowest BCUT2D eigenvalue weighted by Crippen LogP contribution is -2.30. The second-order valence-corrected chi connectivity index (χ2v) is 9.47. The number of carbonyl (C=O) groups is 1. The van der Waals surface area contributed by atoms with Crippen LogP contribution in [-0.4, -0.2) is 31.6 Å². The molecule has 1 heterocycles. The fraction of sp³-hybridized carbons (Fsp3) is 0.261. The Hall–Kier alpha value is -3.33. The van der Waals surface area contributed by atoms with Crippen LogP contribution >= 0.6 is 0 Å². The van der Waals surface area contributed by atoms with Crippen molar-refractivity contribution in [2.24, 2.45) is 0 Å². The highest BCUT2D eigenvalue weighted by atomic mass is 32.2. The van der Waals surface area contributed by atoms with E-state index in [0.29, 0.717) is 5.56 Å². The highest BCUT2D eigenvalue weighted by Gasteiger charge is 2.23. The lowest BCUT2D eigenvalue weighted by atomic mass is 10.1. The van der Waals surface area contributed by atoms with E-state index in [1.165, 1.54) is 50.3 Å². The number of amides is 1. The molecule has 170 valence electrons. The van der Waals surface area contributed by atoms with Gasteiger partial charge in [-0.1, -0.05) is 18.2 Å². The van der Waals surface area contributed by atoms with Crippen molar-refractivity contribution in [1.29, 1.82) is 0 Å². The van der Waals surface area contributed by atoms with Gasteiger partial charge in [0, 0.05) is 13.1 Å². The summed E-state index contributed by atoms with van der Waals surface area (Å²) >= 11 is 0. The monoisotopic (exact) mass is 461 g/mol. The molecule has 32 heavy (non-hydrogen) atoms. The number of ether oxygens (including phenoxy) is 1. The van der Waals surface area contributed by atoms with Crippen LogP contribution in [0.25, 0.3) is 0 Å². The van der Waals surface area contributed by atoms with Gasteiger partial charge in [-0.15, -0.1) is 0 Å². The first-order valence-electron chi connectivity index (χ1n) is 9.87. The van der Waals surface area contributed by atoms with Gasteiger partial charge in [0.1, 0.15) is 5.82 Å². The second kappa shape index (κ2) is 9.86. The minimum Gasteiger partial charge on any atom is -0.493 e. The first-order valence-corrected chi connectivity index (χ1v) is 11.3. The van der Waals surface area contributed by atoms with Crippen molar-refractivity contribution in [3.8, 4) is 11.5 Å². The Morgan fingerprint density at radius 2 is 1.69 bits per heavy atom. The molecule has 0 aliphatic heterocycles. The molecule has 0 atom stereocenters. The van der Waals surface area contributed by atoms with Gasteiger partial charge in [0.2, 0.25) is 0 Å². The zero-order valence-corrected chi connectivity index (χ0v) is 18.8. The maximum atomic E-state index is 13.3. The smallest absolute Gasteiger partial charge is 0.311 e. The summed E-state index contributed by atoms with van der Waals surface area (Å²) in [5, 5.41) is -0.744. The largest absolute Gasteiger partial charge is 0.493 e. The molecule has 7 nitrogen and oxygen atoms in total. The molecule has 0 fully saturated rings. The van der Waals surface area contributed by atoms with Crippen LogP contribution < -0.4 is 8.92 Å². The molecule has 1 amide bonds. The third kappa shape index (κ3) is 5.67. The number of hydrogen-bond donors (Lipinski definition) is 0. The van der Waals surface area contributed by atoms with Crippen LogP contribution in [0.15, 0.2) is 65.3 Å². The van der Waals surface area contributed by atoms with Crippen molar-refractivity contribution in [3.05, 3.63) is 83.6 Å².